The van der Waals surface area contributed by atoms with E-state index in [4.69, 9.17) is 17.3 Å². The van der Waals surface area contributed by atoms with Gasteiger partial charge in [-0.1, -0.05) is 11.6 Å². The maximum Gasteiger partial charge on any atom is 0.251 e. The lowest BCUT2D eigenvalue weighted by Gasteiger charge is -2.18. The summed E-state index contributed by atoms with van der Waals surface area (Å²) < 4.78 is 0. The summed E-state index contributed by atoms with van der Waals surface area (Å²) in [5, 5.41) is 6.11. The number of nitrogens with one attached hydrogen (secondary N) is 2. The monoisotopic (exact) mass is 311 g/mol. The molecule has 5 nitrogen and oxygen atoms in total. The van der Waals surface area contributed by atoms with E-state index in [0.717, 1.165) is 0 Å². The van der Waals surface area contributed by atoms with Crippen molar-refractivity contribution < 1.29 is 9.59 Å². The third kappa shape index (κ3) is 7.68. The summed E-state index contributed by atoms with van der Waals surface area (Å²) in [6.07, 6.45) is 0.938. The van der Waals surface area contributed by atoms with Gasteiger partial charge in [0.05, 0.1) is 0 Å². The second-order valence-electron chi connectivity index (χ2n) is 5.63. The molecule has 0 saturated carbocycles. The molecular formula is C15H22ClN3O2. The zero-order chi connectivity index (χ0) is 15.9. The first-order valence-electron chi connectivity index (χ1n) is 6.87. The Morgan fingerprint density at radius 2 is 1.81 bits per heavy atom. The smallest absolute Gasteiger partial charge is 0.251 e. The average molecular weight is 312 g/mol. The topological polar surface area (TPSA) is 84.2 Å². The number of hydrogen-bond acceptors (Lipinski definition) is 3. The maximum atomic E-state index is 11.8. The molecule has 0 aliphatic carbocycles. The molecule has 0 atom stereocenters. The molecule has 2 amide bonds. The van der Waals surface area contributed by atoms with Crippen LogP contribution in [0.1, 0.15) is 37.0 Å². The van der Waals surface area contributed by atoms with Crippen molar-refractivity contribution in [2.24, 2.45) is 5.73 Å². The summed E-state index contributed by atoms with van der Waals surface area (Å²) in [4.78, 5) is 23.3. The van der Waals surface area contributed by atoms with E-state index in [0.29, 0.717) is 36.5 Å². The third-order valence-corrected chi connectivity index (χ3v) is 2.97. The molecule has 0 aliphatic heterocycles. The van der Waals surface area contributed by atoms with E-state index in [9.17, 15) is 9.59 Å². The second kappa shape index (κ2) is 8.00. The van der Waals surface area contributed by atoms with E-state index in [2.05, 4.69) is 10.6 Å². The van der Waals surface area contributed by atoms with Gasteiger partial charge in [0, 0.05) is 35.6 Å². The molecule has 0 saturated heterocycles. The molecule has 6 heteroatoms. The van der Waals surface area contributed by atoms with E-state index < -0.39 is 5.54 Å². The van der Waals surface area contributed by atoms with Gasteiger partial charge in [-0.2, -0.15) is 0 Å². The van der Waals surface area contributed by atoms with Crippen molar-refractivity contribution in [3.8, 4) is 0 Å². The molecule has 0 unspecified atom stereocenters. The highest BCUT2D eigenvalue weighted by molar-refractivity contribution is 6.30. The van der Waals surface area contributed by atoms with Gasteiger partial charge in [0.1, 0.15) is 0 Å². The minimum atomic E-state index is -0.418. The van der Waals surface area contributed by atoms with E-state index in [1.807, 2.05) is 13.8 Å². The summed E-state index contributed by atoms with van der Waals surface area (Å²) >= 11 is 5.75. The van der Waals surface area contributed by atoms with E-state index >= 15 is 0 Å². The fourth-order valence-corrected chi connectivity index (χ4v) is 1.69. The highest BCUT2D eigenvalue weighted by Crippen LogP contribution is 2.09. The number of benzene rings is 1. The quantitative estimate of drug-likeness (QED) is 0.670. The molecule has 4 N–H and O–H groups in total. The Hall–Kier alpha value is -1.59. The Bertz CT molecular complexity index is 481. The van der Waals surface area contributed by atoms with Gasteiger partial charge < -0.3 is 16.4 Å². The van der Waals surface area contributed by atoms with Crippen LogP contribution in [-0.2, 0) is 4.79 Å². The standard InChI is InChI=1S/C15H22ClN3O2/c1-15(2,17)10-19-13(20)4-3-9-18-14(21)11-5-7-12(16)8-6-11/h5-8H,3-4,9-10,17H2,1-2H3,(H,18,21)(H,19,20). The first kappa shape index (κ1) is 17.5. The van der Waals surface area contributed by atoms with Crippen LogP contribution in [-0.4, -0.2) is 30.4 Å². The van der Waals surface area contributed by atoms with Crippen LogP contribution in [0.25, 0.3) is 0 Å². The maximum absolute atomic E-state index is 11.8. The van der Waals surface area contributed by atoms with Crippen molar-refractivity contribution >= 4 is 23.4 Å². The highest BCUT2D eigenvalue weighted by atomic mass is 35.5. The molecular weight excluding hydrogens is 290 g/mol. The van der Waals surface area contributed by atoms with Crippen molar-refractivity contribution in [2.75, 3.05) is 13.1 Å². The molecule has 0 fully saturated rings. The third-order valence-electron chi connectivity index (χ3n) is 2.71. The number of rotatable bonds is 7. The van der Waals surface area contributed by atoms with Crippen LogP contribution in [0.2, 0.25) is 5.02 Å². The van der Waals surface area contributed by atoms with Gasteiger partial charge in [-0.15, -0.1) is 0 Å². The molecule has 0 heterocycles. The predicted octanol–water partition coefficient (Wildman–Crippen LogP) is 1.70. The molecule has 0 radical (unpaired) electrons. The van der Waals surface area contributed by atoms with E-state index in [1.165, 1.54) is 0 Å². The van der Waals surface area contributed by atoms with Gasteiger partial charge >= 0.3 is 0 Å². The van der Waals surface area contributed by atoms with E-state index in [-0.39, 0.29) is 11.8 Å². The molecule has 0 bridgehead atoms. The number of hydrogen-bond donors (Lipinski definition) is 3. The number of carbonyl (C=O) groups excluding carboxylic acids is 2. The molecule has 0 aromatic heterocycles. The zero-order valence-corrected chi connectivity index (χ0v) is 13.2. The lowest BCUT2D eigenvalue weighted by atomic mass is 10.1. The zero-order valence-electron chi connectivity index (χ0n) is 12.4. The normalized spacial score (nSPS) is 11.0. The van der Waals surface area contributed by atoms with Gasteiger partial charge in [0.2, 0.25) is 5.91 Å². The van der Waals surface area contributed by atoms with Crippen LogP contribution < -0.4 is 16.4 Å². The average Bonchev–Trinajstić information content (AvgIpc) is 2.41. The fourth-order valence-electron chi connectivity index (χ4n) is 1.57. The Morgan fingerprint density at radius 1 is 1.19 bits per heavy atom. The lowest BCUT2D eigenvalue weighted by Crippen LogP contribution is -2.45. The summed E-state index contributed by atoms with van der Waals surface area (Å²) in [6.45, 7) is 4.57. The lowest BCUT2D eigenvalue weighted by molar-refractivity contribution is -0.121. The van der Waals surface area contributed by atoms with Crippen LogP contribution >= 0.6 is 11.6 Å². The van der Waals surface area contributed by atoms with Gasteiger partial charge in [-0.05, 0) is 44.5 Å². The first-order chi connectivity index (χ1) is 9.78. The summed E-state index contributed by atoms with van der Waals surface area (Å²) in [5.41, 5.74) is 5.90. The van der Waals surface area contributed by atoms with Crippen LogP contribution in [0.5, 0.6) is 0 Å². The SMILES string of the molecule is CC(C)(N)CNC(=O)CCCNC(=O)c1ccc(Cl)cc1. The molecule has 1 aromatic carbocycles. The van der Waals surface area contributed by atoms with Crippen LogP contribution in [0.4, 0.5) is 0 Å². The van der Waals surface area contributed by atoms with Crippen LogP contribution in [0, 0.1) is 0 Å². The largest absolute Gasteiger partial charge is 0.354 e. The van der Waals surface area contributed by atoms with Gasteiger partial charge in [0.15, 0.2) is 0 Å². The molecule has 21 heavy (non-hydrogen) atoms. The predicted molar refractivity (Wildman–Crippen MR) is 84.3 cm³/mol. The molecule has 1 rings (SSSR count). The molecule has 116 valence electrons. The van der Waals surface area contributed by atoms with Gasteiger partial charge in [-0.3, -0.25) is 9.59 Å². The van der Waals surface area contributed by atoms with Crippen LogP contribution in [0.15, 0.2) is 24.3 Å². The van der Waals surface area contributed by atoms with Crippen LogP contribution in [0.3, 0.4) is 0 Å². The Kier molecular flexibility index (Phi) is 6.65. The number of nitrogens with two attached hydrogens (primary N) is 1. The summed E-state index contributed by atoms with van der Waals surface area (Å²) in [5.74, 6) is -0.232. The second-order valence-corrected chi connectivity index (χ2v) is 6.07. The number of carbonyl (C=O) groups is 2. The number of amides is 2. The molecule has 0 spiro atoms. The molecule has 1 aromatic rings. The Labute approximate surface area is 130 Å². The van der Waals surface area contributed by atoms with Gasteiger partial charge in [-0.25, -0.2) is 0 Å². The summed E-state index contributed by atoms with van der Waals surface area (Å²) in [7, 11) is 0. The van der Waals surface area contributed by atoms with Crippen molar-refractivity contribution in [3.63, 3.8) is 0 Å². The number of halogens is 1. The Morgan fingerprint density at radius 3 is 2.38 bits per heavy atom. The Balaban J connectivity index is 2.20. The van der Waals surface area contributed by atoms with E-state index in [1.54, 1.807) is 24.3 Å². The van der Waals surface area contributed by atoms with Crippen molar-refractivity contribution in [1.29, 1.82) is 0 Å². The van der Waals surface area contributed by atoms with Crippen molar-refractivity contribution in [2.45, 2.75) is 32.2 Å². The highest BCUT2D eigenvalue weighted by Gasteiger charge is 2.12. The van der Waals surface area contributed by atoms with Crippen molar-refractivity contribution in [3.05, 3.63) is 34.9 Å². The van der Waals surface area contributed by atoms with Gasteiger partial charge in [0.25, 0.3) is 5.91 Å². The minimum Gasteiger partial charge on any atom is -0.354 e. The fraction of sp³-hybridized carbons (Fsp3) is 0.467. The minimum absolute atomic E-state index is 0.0609. The molecule has 0 aliphatic rings. The van der Waals surface area contributed by atoms with Crippen molar-refractivity contribution in [1.82, 2.24) is 10.6 Å². The summed E-state index contributed by atoms with van der Waals surface area (Å²) in [6, 6.07) is 6.65. The first-order valence-corrected chi connectivity index (χ1v) is 7.25.